The van der Waals surface area contributed by atoms with Gasteiger partial charge in [-0.3, -0.25) is 0 Å². The van der Waals surface area contributed by atoms with Crippen LogP contribution in [0.1, 0.15) is 26.7 Å². The fourth-order valence-corrected chi connectivity index (χ4v) is 1.47. The van der Waals surface area contributed by atoms with Crippen molar-refractivity contribution in [3.63, 3.8) is 0 Å². The Bertz CT molecular complexity index is 299. The zero-order valence-corrected chi connectivity index (χ0v) is 10.0. The molecule has 0 saturated heterocycles. The minimum absolute atomic E-state index is 0.410. The highest BCUT2D eigenvalue weighted by molar-refractivity contribution is 9.10. The lowest BCUT2D eigenvalue weighted by Gasteiger charge is -2.15. The highest BCUT2D eigenvalue weighted by atomic mass is 79.9. The van der Waals surface area contributed by atoms with Gasteiger partial charge in [-0.1, -0.05) is 13.8 Å². The highest BCUT2D eigenvalue weighted by Gasteiger charge is 2.07. The molecule has 78 valence electrons. The molecule has 0 amide bonds. The molecule has 0 aliphatic rings. The number of rotatable bonds is 4. The van der Waals surface area contributed by atoms with Crippen LogP contribution in [-0.4, -0.2) is 16.0 Å². The van der Waals surface area contributed by atoms with Gasteiger partial charge in [-0.25, -0.2) is 9.97 Å². The van der Waals surface area contributed by atoms with Crippen LogP contribution in [0.2, 0.25) is 0 Å². The number of nitrogens with two attached hydrogens (primary N) is 1. The van der Waals surface area contributed by atoms with Crippen molar-refractivity contribution in [3.8, 4) is 0 Å². The molecule has 14 heavy (non-hydrogen) atoms. The van der Waals surface area contributed by atoms with Gasteiger partial charge in [0.05, 0.1) is 6.20 Å². The second kappa shape index (κ2) is 5.14. The Morgan fingerprint density at radius 3 is 2.64 bits per heavy atom. The summed E-state index contributed by atoms with van der Waals surface area (Å²) < 4.78 is 0.657. The van der Waals surface area contributed by atoms with Crippen molar-refractivity contribution in [2.45, 2.75) is 32.7 Å². The number of hydrogen-bond acceptors (Lipinski definition) is 4. The van der Waals surface area contributed by atoms with Crippen molar-refractivity contribution in [2.75, 3.05) is 11.1 Å². The maximum Gasteiger partial charge on any atom is 0.169 e. The predicted molar refractivity (Wildman–Crippen MR) is 62.1 cm³/mol. The topological polar surface area (TPSA) is 63.8 Å². The van der Waals surface area contributed by atoms with Gasteiger partial charge in [0.2, 0.25) is 0 Å². The summed E-state index contributed by atoms with van der Waals surface area (Å²) in [7, 11) is 0. The zero-order chi connectivity index (χ0) is 10.6. The van der Waals surface area contributed by atoms with E-state index in [0.29, 0.717) is 22.3 Å². The monoisotopic (exact) mass is 258 g/mol. The molecule has 0 fully saturated rings. The quantitative estimate of drug-likeness (QED) is 0.871. The fourth-order valence-electron chi connectivity index (χ4n) is 1.18. The number of aromatic nitrogens is 2. The van der Waals surface area contributed by atoms with Crippen LogP contribution in [0.3, 0.4) is 0 Å². The number of hydrogen-bond donors (Lipinski definition) is 2. The lowest BCUT2D eigenvalue weighted by molar-refractivity contribution is 0.668. The Balaban J connectivity index is 2.76. The first-order valence-electron chi connectivity index (χ1n) is 4.71. The molecule has 1 aromatic heterocycles. The zero-order valence-electron chi connectivity index (χ0n) is 8.42. The van der Waals surface area contributed by atoms with Crippen molar-refractivity contribution in [1.82, 2.24) is 9.97 Å². The van der Waals surface area contributed by atoms with E-state index in [2.05, 4.69) is 45.1 Å². The van der Waals surface area contributed by atoms with Gasteiger partial charge in [0.1, 0.15) is 4.60 Å². The average molecular weight is 259 g/mol. The predicted octanol–water partition coefficient (Wildman–Crippen LogP) is 2.42. The van der Waals surface area contributed by atoms with Gasteiger partial charge in [-0.05, 0) is 28.8 Å². The Kier molecular flexibility index (Phi) is 4.13. The molecule has 0 atom stereocenters. The molecule has 0 aromatic carbocycles. The van der Waals surface area contributed by atoms with Gasteiger partial charge in [0.15, 0.2) is 11.6 Å². The number of anilines is 2. The van der Waals surface area contributed by atoms with E-state index in [1.807, 2.05) is 0 Å². The van der Waals surface area contributed by atoms with Crippen molar-refractivity contribution in [3.05, 3.63) is 10.8 Å². The summed E-state index contributed by atoms with van der Waals surface area (Å²) in [4.78, 5) is 8.23. The van der Waals surface area contributed by atoms with Gasteiger partial charge in [0, 0.05) is 6.04 Å². The third-order valence-corrected chi connectivity index (χ3v) is 2.48. The summed E-state index contributed by atoms with van der Waals surface area (Å²) in [6, 6.07) is 0.410. The molecule has 0 aliphatic carbocycles. The SMILES string of the molecule is CCC(CC)Nc1ncc(Br)nc1N. The maximum absolute atomic E-state index is 5.71. The number of halogens is 1. The van der Waals surface area contributed by atoms with Crippen LogP contribution in [0.25, 0.3) is 0 Å². The van der Waals surface area contributed by atoms with Crippen molar-refractivity contribution in [2.24, 2.45) is 0 Å². The number of nitrogens with zero attached hydrogens (tertiary/aromatic N) is 2. The second-order valence-corrected chi connectivity index (χ2v) is 3.90. The van der Waals surface area contributed by atoms with E-state index in [-0.39, 0.29) is 0 Å². The van der Waals surface area contributed by atoms with Crippen LogP contribution in [-0.2, 0) is 0 Å². The summed E-state index contributed by atoms with van der Waals surface area (Å²) in [6.45, 7) is 4.26. The van der Waals surface area contributed by atoms with Gasteiger partial charge in [-0.2, -0.15) is 0 Å². The molecule has 3 N–H and O–H groups in total. The van der Waals surface area contributed by atoms with Gasteiger partial charge in [-0.15, -0.1) is 0 Å². The van der Waals surface area contributed by atoms with Crippen LogP contribution in [0.4, 0.5) is 11.6 Å². The van der Waals surface area contributed by atoms with Gasteiger partial charge in [0.25, 0.3) is 0 Å². The third kappa shape index (κ3) is 2.83. The van der Waals surface area contributed by atoms with Crippen LogP contribution in [0.5, 0.6) is 0 Å². The van der Waals surface area contributed by atoms with E-state index < -0.39 is 0 Å². The molecular formula is C9H15BrN4. The largest absolute Gasteiger partial charge is 0.381 e. The minimum atomic E-state index is 0.410. The Morgan fingerprint density at radius 1 is 1.50 bits per heavy atom. The molecule has 5 heteroatoms. The van der Waals surface area contributed by atoms with E-state index in [1.165, 1.54) is 0 Å². The standard InChI is InChI=1S/C9H15BrN4/c1-3-6(4-2)13-9-8(11)14-7(10)5-12-9/h5-6H,3-4H2,1-2H3,(H2,11,14)(H,12,13). The number of nitrogens with one attached hydrogen (secondary N) is 1. The van der Waals surface area contributed by atoms with Gasteiger partial charge < -0.3 is 11.1 Å². The molecular weight excluding hydrogens is 244 g/mol. The van der Waals surface area contributed by atoms with Crippen LogP contribution < -0.4 is 11.1 Å². The van der Waals surface area contributed by atoms with Crippen LogP contribution in [0.15, 0.2) is 10.8 Å². The molecule has 0 aliphatic heterocycles. The van der Waals surface area contributed by atoms with Crippen LogP contribution in [0, 0.1) is 0 Å². The average Bonchev–Trinajstić information content (AvgIpc) is 2.17. The Hall–Kier alpha value is -0.840. The van der Waals surface area contributed by atoms with E-state index in [1.54, 1.807) is 6.20 Å². The van der Waals surface area contributed by atoms with E-state index >= 15 is 0 Å². The summed E-state index contributed by atoms with van der Waals surface area (Å²) in [5.41, 5.74) is 5.71. The Morgan fingerprint density at radius 2 is 2.14 bits per heavy atom. The van der Waals surface area contributed by atoms with E-state index in [9.17, 15) is 0 Å². The van der Waals surface area contributed by atoms with Crippen molar-refractivity contribution in [1.29, 1.82) is 0 Å². The van der Waals surface area contributed by atoms with Crippen molar-refractivity contribution < 1.29 is 0 Å². The lowest BCUT2D eigenvalue weighted by atomic mass is 10.2. The van der Waals surface area contributed by atoms with E-state index in [4.69, 9.17) is 5.73 Å². The summed E-state index contributed by atoms with van der Waals surface area (Å²) in [6.07, 6.45) is 3.74. The number of nitrogen functional groups attached to an aromatic ring is 1. The molecule has 0 saturated carbocycles. The summed E-state index contributed by atoms with van der Waals surface area (Å²) in [5, 5.41) is 3.25. The first kappa shape index (κ1) is 11.2. The molecule has 1 rings (SSSR count). The molecule has 0 unspecified atom stereocenters. The molecule has 4 nitrogen and oxygen atoms in total. The summed E-state index contributed by atoms with van der Waals surface area (Å²) in [5.74, 6) is 1.10. The first-order valence-corrected chi connectivity index (χ1v) is 5.51. The second-order valence-electron chi connectivity index (χ2n) is 3.08. The normalized spacial score (nSPS) is 10.6. The maximum atomic E-state index is 5.71. The molecule has 0 spiro atoms. The Labute approximate surface area is 92.5 Å². The fraction of sp³-hybridized carbons (Fsp3) is 0.556. The first-order chi connectivity index (χ1) is 6.67. The van der Waals surface area contributed by atoms with Crippen molar-refractivity contribution >= 4 is 27.6 Å². The molecule has 1 heterocycles. The summed E-state index contributed by atoms with van der Waals surface area (Å²) >= 11 is 3.22. The minimum Gasteiger partial charge on any atom is -0.381 e. The molecule has 0 radical (unpaired) electrons. The third-order valence-electron chi connectivity index (χ3n) is 2.10. The van der Waals surface area contributed by atoms with Crippen LogP contribution >= 0.6 is 15.9 Å². The highest BCUT2D eigenvalue weighted by Crippen LogP contribution is 2.17. The van der Waals surface area contributed by atoms with Gasteiger partial charge >= 0.3 is 0 Å². The molecule has 1 aromatic rings. The molecule has 0 bridgehead atoms. The van der Waals surface area contributed by atoms with E-state index in [0.717, 1.165) is 12.8 Å². The smallest absolute Gasteiger partial charge is 0.169 e. The lowest BCUT2D eigenvalue weighted by Crippen LogP contribution is -2.19.